The second-order valence-corrected chi connectivity index (χ2v) is 6.10. The van der Waals surface area contributed by atoms with Crippen LogP contribution in [0.15, 0.2) is 41.0 Å². The zero-order valence-corrected chi connectivity index (χ0v) is 15.0. The number of carbonyl (C=O) groups excluding carboxylic acids is 2. The summed E-state index contributed by atoms with van der Waals surface area (Å²) in [4.78, 5) is 24.0. The first-order chi connectivity index (χ1) is 11.9. The summed E-state index contributed by atoms with van der Waals surface area (Å²) in [6, 6.07) is 8.97. The quantitative estimate of drug-likeness (QED) is 0.809. The Hall–Kier alpha value is -2.76. The van der Waals surface area contributed by atoms with Gasteiger partial charge in [-0.25, -0.2) is 0 Å². The van der Waals surface area contributed by atoms with Crippen LogP contribution >= 0.6 is 0 Å². The molecular weight excluding hydrogens is 320 g/mol. The van der Waals surface area contributed by atoms with Crippen molar-refractivity contribution in [3.8, 4) is 5.75 Å². The lowest BCUT2D eigenvalue weighted by Crippen LogP contribution is -2.38. The lowest BCUT2D eigenvalue weighted by Gasteiger charge is -2.17. The van der Waals surface area contributed by atoms with Crippen molar-refractivity contribution >= 4 is 11.8 Å². The molecular formula is C19H24N2O4. The van der Waals surface area contributed by atoms with Crippen LogP contribution in [0.3, 0.4) is 0 Å². The van der Waals surface area contributed by atoms with Gasteiger partial charge in [0.05, 0.1) is 30.5 Å². The highest BCUT2D eigenvalue weighted by Gasteiger charge is 2.14. The summed E-state index contributed by atoms with van der Waals surface area (Å²) >= 11 is 0. The topological polar surface area (TPSA) is 80.6 Å². The molecule has 0 spiro atoms. The van der Waals surface area contributed by atoms with E-state index in [1.807, 2.05) is 45.0 Å². The number of rotatable bonds is 7. The number of amides is 2. The molecule has 2 amide bonds. The van der Waals surface area contributed by atoms with Crippen LogP contribution in [0, 0.1) is 6.92 Å². The summed E-state index contributed by atoms with van der Waals surface area (Å²) in [6.07, 6.45) is 1.53. The van der Waals surface area contributed by atoms with Gasteiger partial charge in [-0.3, -0.25) is 9.59 Å². The molecule has 25 heavy (non-hydrogen) atoms. The average molecular weight is 344 g/mol. The molecule has 0 bridgehead atoms. The maximum absolute atomic E-state index is 12.1. The number of nitrogens with one attached hydrogen (secondary N) is 2. The summed E-state index contributed by atoms with van der Waals surface area (Å²) in [5, 5.41) is 5.44. The third-order valence-corrected chi connectivity index (χ3v) is 3.62. The van der Waals surface area contributed by atoms with Crippen LogP contribution in [0.4, 0.5) is 0 Å². The number of carbonyl (C=O) groups is 2. The minimum atomic E-state index is -0.332. The van der Waals surface area contributed by atoms with E-state index in [0.29, 0.717) is 11.3 Å². The van der Waals surface area contributed by atoms with Crippen LogP contribution in [-0.4, -0.2) is 24.5 Å². The van der Waals surface area contributed by atoms with Crippen LogP contribution < -0.4 is 15.4 Å². The zero-order chi connectivity index (χ0) is 18.4. The number of hydrogen-bond donors (Lipinski definition) is 2. The highest BCUT2D eigenvalue weighted by molar-refractivity contribution is 5.97. The average Bonchev–Trinajstić information content (AvgIpc) is 2.98. The van der Waals surface area contributed by atoms with E-state index in [2.05, 4.69) is 10.6 Å². The molecule has 2 aromatic rings. The first-order valence-electron chi connectivity index (χ1n) is 8.25. The summed E-state index contributed by atoms with van der Waals surface area (Å²) in [6.45, 7) is 7.40. The predicted molar refractivity (Wildman–Crippen MR) is 94.5 cm³/mol. The molecule has 0 fully saturated rings. The number of aryl methyl sites for hydroxylation is 1. The Morgan fingerprint density at radius 1 is 1.20 bits per heavy atom. The fourth-order valence-corrected chi connectivity index (χ4v) is 2.38. The van der Waals surface area contributed by atoms with E-state index in [-0.39, 0.29) is 30.5 Å². The van der Waals surface area contributed by atoms with Crippen molar-refractivity contribution in [2.75, 3.05) is 6.54 Å². The molecule has 134 valence electrons. The molecule has 6 nitrogen and oxygen atoms in total. The molecule has 0 saturated heterocycles. The Bertz CT molecular complexity index is 737. The van der Waals surface area contributed by atoms with E-state index in [9.17, 15) is 9.59 Å². The standard InChI is InChI=1S/C19H24N2O4/c1-12(2)25-16-7-5-6-15(10-16)13(3)21-18(22)11-20-19(23)17-8-9-24-14(17)4/h5-10,12-13H,11H2,1-4H3,(H,20,23)(H,21,22). The molecule has 0 aliphatic rings. The van der Waals surface area contributed by atoms with Gasteiger partial charge in [0, 0.05) is 0 Å². The minimum Gasteiger partial charge on any atom is -0.491 e. The van der Waals surface area contributed by atoms with Crippen molar-refractivity contribution in [2.45, 2.75) is 39.8 Å². The van der Waals surface area contributed by atoms with E-state index in [0.717, 1.165) is 11.3 Å². The van der Waals surface area contributed by atoms with Crippen LogP contribution in [0.5, 0.6) is 5.75 Å². The second-order valence-electron chi connectivity index (χ2n) is 6.10. The third kappa shape index (κ3) is 5.38. The van der Waals surface area contributed by atoms with E-state index < -0.39 is 0 Å². The van der Waals surface area contributed by atoms with Gasteiger partial charge in [0.15, 0.2) is 0 Å². The van der Waals surface area contributed by atoms with Crippen LogP contribution in [0.25, 0.3) is 0 Å². The molecule has 1 unspecified atom stereocenters. The monoisotopic (exact) mass is 344 g/mol. The van der Waals surface area contributed by atoms with Gasteiger partial charge in [-0.1, -0.05) is 12.1 Å². The van der Waals surface area contributed by atoms with Gasteiger partial charge < -0.3 is 19.8 Å². The van der Waals surface area contributed by atoms with Gasteiger partial charge >= 0.3 is 0 Å². The van der Waals surface area contributed by atoms with Crippen molar-refractivity contribution in [2.24, 2.45) is 0 Å². The lowest BCUT2D eigenvalue weighted by molar-refractivity contribution is -0.120. The molecule has 0 radical (unpaired) electrons. The zero-order valence-electron chi connectivity index (χ0n) is 15.0. The SMILES string of the molecule is Cc1occc1C(=O)NCC(=O)NC(C)c1cccc(OC(C)C)c1. The fraction of sp³-hybridized carbons (Fsp3) is 0.368. The Labute approximate surface area is 147 Å². The van der Waals surface area contributed by atoms with Crippen LogP contribution in [0.2, 0.25) is 0 Å². The molecule has 1 heterocycles. The summed E-state index contributed by atoms with van der Waals surface area (Å²) in [5.74, 6) is 0.684. The Morgan fingerprint density at radius 2 is 1.96 bits per heavy atom. The van der Waals surface area contributed by atoms with Crippen molar-refractivity contribution in [3.63, 3.8) is 0 Å². The molecule has 1 aromatic heterocycles. The Morgan fingerprint density at radius 3 is 2.60 bits per heavy atom. The maximum atomic E-state index is 12.1. The molecule has 0 aliphatic carbocycles. The summed E-state index contributed by atoms with van der Waals surface area (Å²) < 4.78 is 10.7. The van der Waals surface area contributed by atoms with Gasteiger partial charge in [0.25, 0.3) is 5.91 Å². The first-order valence-corrected chi connectivity index (χ1v) is 8.25. The predicted octanol–water partition coefficient (Wildman–Crippen LogP) is 2.98. The van der Waals surface area contributed by atoms with Gasteiger partial charge in [0.2, 0.25) is 5.91 Å². The molecule has 0 saturated carbocycles. The van der Waals surface area contributed by atoms with E-state index in [1.54, 1.807) is 13.0 Å². The number of benzene rings is 1. The van der Waals surface area contributed by atoms with Gasteiger partial charge in [-0.2, -0.15) is 0 Å². The lowest BCUT2D eigenvalue weighted by atomic mass is 10.1. The van der Waals surface area contributed by atoms with Gasteiger partial charge in [-0.05, 0) is 51.5 Å². The maximum Gasteiger partial charge on any atom is 0.255 e. The third-order valence-electron chi connectivity index (χ3n) is 3.62. The molecule has 1 aromatic carbocycles. The molecule has 2 N–H and O–H groups in total. The molecule has 2 rings (SSSR count). The minimum absolute atomic E-state index is 0.0849. The Kier molecular flexibility index (Phi) is 6.22. The van der Waals surface area contributed by atoms with E-state index >= 15 is 0 Å². The largest absolute Gasteiger partial charge is 0.491 e. The summed E-state index contributed by atoms with van der Waals surface area (Å²) in [5.41, 5.74) is 1.36. The van der Waals surface area contributed by atoms with Gasteiger partial charge in [-0.15, -0.1) is 0 Å². The van der Waals surface area contributed by atoms with Crippen molar-refractivity contribution < 1.29 is 18.7 Å². The van der Waals surface area contributed by atoms with Crippen molar-refractivity contribution in [3.05, 3.63) is 53.5 Å². The highest BCUT2D eigenvalue weighted by atomic mass is 16.5. The highest BCUT2D eigenvalue weighted by Crippen LogP contribution is 2.20. The normalized spacial score (nSPS) is 11.9. The fourth-order valence-electron chi connectivity index (χ4n) is 2.38. The molecule has 6 heteroatoms. The van der Waals surface area contributed by atoms with Crippen molar-refractivity contribution in [1.82, 2.24) is 10.6 Å². The second kappa shape index (κ2) is 8.37. The van der Waals surface area contributed by atoms with Gasteiger partial charge in [0.1, 0.15) is 11.5 Å². The van der Waals surface area contributed by atoms with E-state index in [1.165, 1.54) is 6.26 Å². The molecule has 0 aliphatic heterocycles. The van der Waals surface area contributed by atoms with Crippen LogP contribution in [-0.2, 0) is 4.79 Å². The van der Waals surface area contributed by atoms with E-state index in [4.69, 9.17) is 9.15 Å². The van der Waals surface area contributed by atoms with Crippen LogP contribution in [0.1, 0.15) is 48.5 Å². The number of ether oxygens (including phenoxy) is 1. The number of hydrogen-bond acceptors (Lipinski definition) is 4. The smallest absolute Gasteiger partial charge is 0.255 e. The first kappa shape index (κ1) is 18.6. The van der Waals surface area contributed by atoms with Crippen molar-refractivity contribution in [1.29, 1.82) is 0 Å². The summed E-state index contributed by atoms with van der Waals surface area (Å²) in [7, 11) is 0. The number of furan rings is 1. The molecule has 1 atom stereocenters. The Balaban J connectivity index is 1.87.